The second kappa shape index (κ2) is 4.04. The summed E-state index contributed by atoms with van der Waals surface area (Å²) in [5.41, 5.74) is 2.09. The lowest BCUT2D eigenvalue weighted by Gasteiger charge is -1.97. The summed E-state index contributed by atoms with van der Waals surface area (Å²) in [6.45, 7) is -2.30. The molecule has 0 heterocycles. The molecular formula is C8H12N2. The predicted octanol–water partition coefficient (Wildman–Crippen LogP) is 0.692. The lowest BCUT2D eigenvalue weighted by Crippen LogP contribution is -2.24. The highest BCUT2D eigenvalue weighted by atomic mass is 15.2. The van der Waals surface area contributed by atoms with Gasteiger partial charge in [0.15, 0.2) is 0 Å². The number of hydrazine groups is 1. The maximum Gasteiger partial charge on any atom is 0.0446 e. The number of aryl methyl sites for hydroxylation is 1. The van der Waals surface area contributed by atoms with Gasteiger partial charge in [0.05, 0.1) is 0 Å². The van der Waals surface area contributed by atoms with E-state index < -0.39 is 12.9 Å². The van der Waals surface area contributed by atoms with Crippen LogP contribution in [-0.4, -0.2) is 6.50 Å². The minimum Gasteiger partial charge on any atom is -0.271 e. The van der Waals surface area contributed by atoms with Crippen LogP contribution >= 0.6 is 0 Å². The molecular weight excluding hydrogens is 124 g/mol. The molecule has 2 heteroatoms. The van der Waals surface area contributed by atoms with Crippen molar-refractivity contribution in [1.82, 2.24) is 5.43 Å². The summed E-state index contributed by atoms with van der Waals surface area (Å²) in [4.78, 5) is 0. The Balaban J connectivity index is 3.08. The highest BCUT2D eigenvalue weighted by Crippen LogP contribution is 1.97. The standard InChI is InChI=1S/C8H12N2/c9-10-7-6-8-4-2-1-3-5-8/h1-5,10H,6-7,9H2/i6D2,7D2. The first-order valence-electron chi connectivity index (χ1n) is 4.95. The van der Waals surface area contributed by atoms with Crippen LogP contribution in [0.15, 0.2) is 30.3 Å². The normalized spacial score (nSPS) is 18.5. The summed E-state index contributed by atoms with van der Waals surface area (Å²) < 4.78 is 30.0. The fourth-order valence-electron chi connectivity index (χ4n) is 0.630. The molecule has 54 valence electrons. The Labute approximate surface area is 66.6 Å². The first kappa shape index (κ1) is 3.51. The first-order valence-corrected chi connectivity index (χ1v) is 2.95. The van der Waals surface area contributed by atoms with Crippen molar-refractivity contribution >= 4 is 0 Å². The Morgan fingerprint density at radius 3 is 2.70 bits per heavy atom. The minimum absolute atomic E-state index is 0.253. The van der Waals surface area contributed by atoms with E-state index >= 15 is 0 Å². The average molecular weight is 140 g/mol. The molecule has 1 rings (SSSR count). The highest BCUT2D eigenvalue weighted by molar-refractivity contribution is 5.14. The average Bonchev–Trinajstić information content (AvgIpc) is 2.19. The van der Waals surface area contributed by atoms with E-state index in [1.54, 1.807) is 18.2 Å². The van der Waals surface area contributed by atoms with E-state index in [2.05, 4.69) is 0 Å². The van der Waals surface area contributed by atoms with Gasteiger partial charge in [-0.05, 0) is 11.9 Å². The lowest BCUT2D eigenvalue weighted by molar-refractivity contribution is 0.728. The first-order chi connectivity index (χ1) is 6.42. The van der Waals surface area contributed by atoms with Gasteiger partial charge in [0, 0.05) is 12.0 Å². The van der Waals surface area contributed by atoms with Crippen LogP contribution in [0.5, 0.6) is 0 Å². The molecule has 1 aromatic carbocycles. The topological polar surface area (TPSA) is 38.0 Å². The molecule has 0 amide bonds. The summed E-state index contributed by atoms with van der Waals surface area (Å²) in [5.74, 6) is 4.96. The summed E-state index contributed by atoms with van der Waals surface area (Å²) in [6.07, 6.45) is -2.16. The van der Waals surface area contributed by atoms with Crippen LogP contribution in [-0.2, 0) is 6.37 Å². The van der Waals surface area contributed by atoms with Crippen molar-refractivity contribution in [3.8, 4) is 0 Å². The minimum atomic E-state index is -2.30. The van der Waals surface area contributed by atoms with Crippen LogP contribution in [0.2, 0.25) is 0 Å². The maximum absolute atomic E-state index is 7.62. The Morgan fingerprint density at radius 2 is 2.10 bits per heavy atom. The molecule has 3 N–H and O–H groups in total. The van der Waals surface area contributed by atoms with Gasteiger partial charge < -0.3 is 0 Å². The zero-order valence-electron chi connectivity index (χ0n) is 9.46. The van der Waals surface area contributed by atoms with Crippen LogP contribution in [0.3, 0.4) is 0 Å². The van der Waals surface area contributed by atoms with Crippen molar-refractivity contribution < 1.29 is 5.48 Å². The van der Waals surface area contributed by atoms with E-state index in [4.69, 9.17) is 11.3 Å². The van der Waals surface area contributed by atoms with Crippen LogP contribution in [0.1, 0.15) is 11.0 Å². The molecule has 0 saturated heterocycles. The van der Waals surface area contributed by atoms with Crippen LogP contribution in [0, 0.1) is 0 Å². The molecule has 0 aliphatic carbocycles. The molecule has 0 fully saturated rings. The Bertz CT molecular complexity index is 299. The predicted molar refractivity (Wildman–Crippen MR) is 42.3 cm³/mol. The molecule has 0 aromatic heterocycles. The number of hydrogen-bond donors (Lipinski definition) is 2. The molecule has 0 unspecified atom stereocenters. The summed E-state index contributed by atoms with van der Waals surface area (Å²) in [5, 5.41) is 0. The van der Waals surface area contributed by atoms with Crippen LogP contribution in [0.25, 0.3) is 0 Å². The van der Waals surface area contributed by atoms with Crippen LogP contribution < -0.4 is 11.3 Å². The Kier molecular flexibility index (Phi) is 1.42. The smallest absolute Gasteiger partial charge is 0.0446 e. The number of nitrogens with one attached hydrogen (secondary N) is 1. The van der Waals surface area contributed by atoms with E-state index in [-0.39, 0.29) is 5.56 Å². The third-order valence-electron chi connectivity index (χ3n) is 1.05. The molecule has 0 aliphatic rings. The zero-order chi connectivity index (χ0) is 10.8. The van der Waals surface area contributed by atoms with Gasteiger partial charge in [-0.25, -0.2) is 0 Å². The van der Waals surface area contributed by atoms with Gasteiger partial charge in [-0.2, -0.15) is 0 Å². The maximum atomic E-state index is 7.62. The third-order valence-corrected chi connectivity index (χ3v) is 1.05. The van der Waals surface area contributed by atoms with E-state index in [9.17, 15) is 0 Å². The second-order valence-corrected chi connectivity index (χ2v) is 1.76. The monoisotopic (exact) mass is 140 g/mol. The lowest BCUT2D eigenvalue weighted by atomic mass is 10.2. The van der Waals surface area contributed by atoms with Gasteiger partial charge in [0.25, 0.3) is 0 Å². The van der Waals surface area contributed by atoms with Crippen molar-refractivity contribution in [1.29, 1.82) is 0 Å². The van der Waals surface area contributed by atoms with Gasteiger partial charge in [-0.3, -0.25) is 11.3 Å². The number of benzene rings is 1. The Hall–Kier alpha value is -0.860. The zero-order valence-corrected chi connectivity index (χ0v) is 5.46. The molecule has 10 heavy (non-hydrogen) atoms. The van der Waals surface area contributed by atoms with Crippen molar-refractivity contribution in [3.63, 3.8) is 0 Å². The molecule has 0 saturated carbocycles. The molecule has 2 nitrogen and oxygen atoms in total. The summed E-state index contributed by atoms with van der Waals surface area (Å²) in [6, 6.07) is 8.09. The SMILES string of the molecule is [2H]C([2H])(NN)C([2H])([2H])c1ccccc1. The molecule has 1 aromatic rings. The van der Waals surface area contributed by atoms with E-state index in [0.717, 1.165) is 0 Å². The fraction of sp³-hybridized carbons (Fsp3) is 0.250. The van der Waals surface area contributed by atoms with Crippen molar-refractivity contribution in [2.75, 3.05) is 6.50 Å². The number of hydrogen-bond acceptors (Lipinski definition) is 2. The molecule has 0 spiro atoms. The van der Waals surface area contributed by atoms with Gasteiger partial charge in [0.2, 0.25) is 0 Å². The van der Waals surface area contributed by atoms with Crippen molar-refractivity contribution in [2.45, 2.75) is 6.37 Å². The molecule has 0 bridgehead atoms. The quantitative estimate of drug-likeness (QED) is 0.479. The summed E-state index contributed by atoms with van der Waals surface area (Å²) in [7, 11) is 0. The van der Waals surface area contributed by atoms with E-state index in [0.29, 0.717) is 0 Å². The largest absolute Gasteiger partial charge is 0.271 e. The van der Waals surface area contributed by atoms with Gasteiger partial charge in [-0.1, -0.05) is 30.3 Å². The highest BCUT2D eigenvalue weighted by Gasteiger charge is 1.86. The van der Waals surface area contributed by atoms with Crippen molar-refractivity contribution in [3.05, 3.63) is 35.9 Å². The van der Waals surface area contributed by atoms with Crippen molar-refractivity contribution in [2.24, 2.45) is 5.84 Å². The Morgan fingerprint density at radius 1 is 1.40 bits per heavy atom. The van der Waals surface area contributed by atoms with Crippen LogP contribution in [0.4, 0.5) is 0 Å². The molecule has 0 aliphatic heterocycles. The number of nitrogens with two attached hydrogens (primary N) is 1. The van der Waals surface area contributed by atoms with Gasteiger partial charge in [-0.15, -0.1) is 0 Å². The van der Waals surface area contributed by atoms with E-state index in [1.807, 2.05) is 5.43 Å². The van der Waals surface area contributed by atoms with E-state index in [1.165, 1.54) is 12.1 Å². The van der Waals surface area contributed by atoms with Gasteiger partial charge in [0.1, 0.15) is 0 Å². The molecule has 0 radical (unpaired) electrons. The second-order valence-electron chi connectivity index (χ2n) is 1.76. The number of rotatable bonds is 3. The third kappa shape index (κ3) is 2.17. The fourth-order valence-corrected chi connectivity index (χ4v) is 0.630. The molecule has 0 atom stereocenters. The van der Waals surface area contributed by atoms with Gasteiger partial charge >= 0.3 is 0 Å². The summed E-state index contributed by atoms with van der Waals surface area (Å²) >= 11 is 0.